The molecule has 0 saturated carbocycles. The second-order valence-corrected chi connectivity index (χ2v) is 10.1. The van der Waals surface area contributed by atoms with E-state index in [-0.39, 0.29) is 40.7 Å². The predicted molar refractivity (Wildman–Crippen MR) is 133 cm³/mol. The highest BCUT2D eigenvalue weighted by Crippen LogP contribution is 2.41. The van der Waals surface area contributed by atoms with Gasteiger partial charge >= 0.3 is 12.1 Å². The van der Waals surface area contributed by atoms with Gasteiger partial charge < -0.3 is 14.3 Å². The first-order chi connectivity index (χ1) is 17.9. The van der Waals surface area contributed by atoms with Crippen molar-refractivity contribution in [1.82, 2.24) is 4.72 Å². The summed E-state index contributed by atoms with van der Waals surface area (Å²) < 4.78 is 79.7. The molecule has 38 heavy (non-hydrogen) atoms. The van der Waals surface area contributed by atoms with Crippen LogP contribution in [0.5, 0.6) is 11.5 Å². The van der Waals surface area contributed by atoms with Crippen LogP contribution >= 0.6 is 0 Å². The van der Waals surface area contributed by atoms with E-state index in [1.165, 1.54) is 30.5 Å². The number of rotatable bonds is 9. The number of nitrogens with one attached hydrogen (secondary N) is 1. The van der Waals surface area contributed by atoms with E-state index in [1.54, 1.807) is 49.4 Å². The summed E-state index contributed by atoms with van der Waals surface area (Å²) in [6.07, 6.45) is -3.67. The van der Waals surface area contributed by atoms with E-state index in [4.69, 9.17) is 14.3 Å². The first kappa shape index (κ1) is 27.0. The fourth-order valence-corrected chi connectivity index (χ4v) is 5.01. The van der Waals surface area contributed by atoms with Crippen molar-refractivity contribution in [3.8, 4) is 33.9 Å². The highest BCUT2D eigenvalue weighted by molar-refractivity contribution is 7.89. The second kappa shape index (κ2) is 10.7. The molecule has 7 nitrogen and oxygen atoms in total. The first-order valence-corrected chi connectivity index (χ1v) is 12.8. The Labute approximate surface area is 216 Å². The third-order valence-electron chi connectivity index (χ3n) is 5.57. The van der Waals surface area contributed by atoms with Crippen LogP contribution < -0.4 is 9.46 Å². The van der Waals surface area contributed by atoms with Crippen molar-refractivity contribution in [2.45, 2.75) is 24.4 Å². The lowest BCUT2D eigenvalue weighted by Crippen LogP contribution is -2.26. The van der Waals surface area contributed by atoms with Gasteiger partial charge in [-0.3, -0.25) is 4.79 Å². The largest absolute Gasteiger partial charge is 0.481 e. The lowest BCUT2D eigenvalue weighted by atomic mass is 10.0. The molecule has 4 aromatic rings. The van der Waals surface area contributed by atoms with Crippen LogP contribution in [0.25, 0.3) is 22.5 Å². The normalized spacial score (nSPS) is 11.9. The highest BCUT2D eigenvalue weighted by Gasteiger charge is 2.35. The van der Waals surface area contributed by atoms with Gasteiger partial charge in [-0.1, -0.05) is 24.3 Å². The summed E-state index contributed by atoms with van der Waals surface area (Å²) >= 11 is 0. The van der Waals surface area contributed by atoms with Crippen molar-refractivity contribution < 1.29 is 40.6 Å². The van der Waals surface area contributed by atoms with Gasteiger partial charge in [0.1, 0.15) is 17.3 Å². The van der Waals surface area contributed by atoms with E-state index in [0.29, 0.717) is 16.7 Å². The molecule has 1 heterocycles. The van der Waals surface area contributed by atoms with Crippen LogP contribution in [0, 0.1) is 6.92 Å². The number of alkyl halides is 3. The van der Waals surface area contributed by atoms with Crippen LogP contribution in [0.1, 0.15) is 17.5 Å². The monoisotopic (exact) mass is 545 g/mol. The minimum atomic E-state index is -4.67. The summed E-state index contributed by atoms with van der Waals surface area (Å²) in [5.74, 6) is -1.02. The molecule has 11 heteroatoms. The van der Waals surface area contributed by atoms with Crippen LogP contribution in [-0.4, -0.2) is 26.0 Å². The van der Waals surface area contributed by atoms with Crippen molar-refractivity contribution in [3.63, 3.8) is 0 Å². The molecule has 2 N–H and O–H groups in total. The zero-order valence-corrected chi connectivity index (χ0v) is 20.8. The Morgan fingerprint density at radius 1 is 0.974 bits per heavy atom. The Bertz CT molecular complexity index is 1560. The third kappa shape index (κ3) is 6.24. The van der Waals surface area contributed by atoms with Gasteiger partial charge in [-0.05, 0) is 66.6 Å². The number of carboxylic acid groups (broad SMARTS) is 1. The fraction of sp³-hybridized carbons (Fsp3) is 0.148. The molecule has 0 amide bonds. The topological polar surface area (TPSA) is 106 Å². The van der Waals surface area contributed by atoms with Crippen molar-refractivity contribution in [1.29, 1.82) is 0 Å². The lowest BCUT2D eigenvalue weighted by Gasteiger charge is -2.14. The molecule has 0 spiro atoms. The zero-order chi connectivity index (χ0) is 27.5. The number of hydrogen-bond acceptors (Lipinski definition) is 5. The maximum atomic E-state index is 13.8. The minimum Gasteiger partial charge on any atom is -0.481 e. The van der Waals surface area contributed by atoms with Crippen molar-refractivity contribution in [3.05, 3.63) is 90.2 Å². The number of halogens is 3. The van der Waals surface area contributed by atoms with Crippen molar-refractivity contribution in [2.75, 3.05) is 6.54 Å². The van der Waals surface area contributed by atoms with E-state index >= 15 is 0 Å². The van der Waals surface area contributed by atoms with Gasteiger partial charge in [0, 0.05) is 17.7 Å². The van der Waals surface area contributed by atoms with E-state index in [2.05, 4.69) is 4.72 Å². The molecule has 0 unspecified atom stereocenters. The quantitative estimate of drug-likeness (QED) is 0.249. The number of hydrogen-bond donors (Lipinski definition) is 2. The molecule has 0 fully saturated rings. The maximum absolute atomic E-state index is 13.8. The molecule has 0 aliphatic carbocycles. The van der Waals surface area contributed by atoms with Crippen LogP contribution in [0.2, 0.25) is 0 Å². The zero-order valence-electron chi connectivity index (χ0n) is 20.0. The number of sulfonamides is 1. The lowest BCUT2D eigenvalue weighted by molar-refractivity contribution is -0.139. The molecule has 198 valence electrons. The Hall–Kier alpha value is -4.09. The van der Waals surface area contributed by atoms with E-state index in [1.807, 2.05) is 0 Å². The number of carboxylic acids is 1. The van der Waals surface area contributed by atoms with E-state index in [0.717, 1.165) is 6.07 Å². The number of benzene rings is 3. The minimum absolute atomic E-state index is 0.0146. The molecule has 0 bridgehead atoms. The Kier molecular flexibility index (Phi) is 7.61. The number of carbonyl (C=O) groups is 1. The van der Waals surface area contributed by atoms with Gasteiger partial charge in [0.25, 0.3) is 0 Å². The summed E-state index contributed by atoms with van der Waals surface area (Å²) in [5.41, 5.74) is 0.737. The summed E-state index contributed by atoms with van der Waals surface area (Å²) in [6, 6.07) is 17.8. The highest BCUT2D eigenvalue weighted by atomic mass is 32.2. The van der Waals surface area contributed by atoms with Gasteiger partial charge in [0.05, 0.1) is 23.1 Å². The number of aryl methyl sites for hydroxylation is 1. The number of aliphatic carboxylic acids is 1. The first-order valence-electron chi connectivity index (χ1n) is 11.3. The Morgan fingerprint density at radius 2 is 1.68 bits per heavy atom. The molecule has 0 saturated heterocycles. The Morgan fingerprint density at radius 3 is 2.34 bits per heavy atom. The molecule has 1 aromatic heterocycles. The van der Waals surface area contributed by atoms with Crippen molar-refractivity contribution in [2.24, 2.45) is 0 Å². The van der Waals surface area contributed by atoms with Gasteiger partial charge in [0.15, 0.2) is 0 Å². The third-order valence-corrected chi connectivity index (χ3v) is 7.19. The van der Waals surface area contributed by atoms with E-state index in [9.17, 15) is 26.4 Å². The molecule has 0 aliphatic rings. The van der Waals surface area contributed by atoms with Crippen LogP contribution in [0.3, 0.4) is 0 Å². The standard InChI is InChI=1S/C27H22F3NO6S/c1-17-13-18(8-10-25(17)38(34,35)31-12-11-26(32)33)20-15-24(36-16-20)19-7-9-23(22(14-19)27(28,29)30)37-21-5-3-2-4-6-21/h2-10,13-16,31H,11-12H2,1H3,(H,32,33). The molecule has 3 aromatic carbocycles. The summed E-state index contributed by atoms with van der Waals surface area (Å²) in [6.45, 7) is 1.33. The van der Waals surface area contributed by atoms with Gasteiger partial charge in [0.2, 0.25) is 10.0 Å². The van der Waals surface area contributed by atoms with Gasteiger partial charge in [-0.25, -0.2) is 13.1 Å². The number of ether oxygens (including phenoxy) is 1. The Balaban J connectivity index is 1.60. The van der Waals surface area contributed by atoms with Crippen LogP contribution in [0.15, 0.2) is 88.4 Å². The summed E-state index contributed by atoms with van der Waals surface area (Å²) in [4.78, 5) is 10.6. The number of para-hydroxylation sites is 1. The molecule has 4 rings (SSSR count). The fourth-order valence-electron chi connectivity index (χ4n) is 3.75. The molecular formula is C27H22F3NO6S. The summed E-state index contributed by atoms with van der Waals surface area (Å²) in [5, 5.41) is 8.71. The second-order valence-electron chi connectivity index (χ2n) is 8.35. The molecular weight excluding hydrogens is 523 g/mol. The van der Waals surface area contributed by atoms with E-state index < -0.39 is 27.7 Å². The van der Waals surface area contributed by atoms with Crippen molar-refractivity contribution >= 4 is 16.0 Å². The summed E-state index contributed by atoms with van der Waals surface area (Å²) in [7, 11) is -3.92. The molecule has 0 aliphatic heterocycles. The average Bonchev–Trinajstić information content (AvgIpc) is 3.34. The predicted octanol–water partition coefficient (Wildman–Crippen LogP) is 6.49. The average molecular weight is 546 g/mol. The van der Waals surface area contributed by atoms with Crippen LogP contribution in [0.4, 0.5) is 13.2 Å². The van der Waals surface area contributed by atoms with Crippen LogP contribution in [-0.2, 0) is 21.0 Å². The number of furan rings is 1. The SMILES string of the molecule is Cc1cc(-c2coc(-c3ccc(Oc4ccccc4)c(C(F)(F)F)c3)c2)ccc1S(=O)(=O)NCCC(=O)O. The maximum Gasteiger partial charge on any atom is 0.420 e. The smallest absolute Gasteiger partial charge is 0.420 e. The molecule has 0 atom stereocenters. The van der Waals surface area contributed by atoms with Gasteiger partial charge in [-0.2, -0.15) is 13.2 Å². The van der Waals surface area contributed by atoms with Gasteiger partial charge in [-0.15, -0.1) is 0 Å². The molecule has 0 radical (unpaired) electrons.